The van der Waals surface area contributed by atoms with E-state index in [1.807, 2.05) is 12.2 Å². The van der Waals surface area contributed by atoms with Gasteiger partial charge in [0, 0.05) is 12.8 Å². The van der Waals surface area contributed by atoms with Crippen LogP contribution in [-0.4, -0.2) is 77.9 Å². The second-order valence-corrected chi connectivity index (χ2v) is 16.6. The number of phosphoric ester groups is 1. The fourth-order valence-corrected chi connectivity index (χ4v) is 6.62. The van der Waals surface area contributed by atoms with E-state index in [1.165, 1.54) is 51.4 Å². The number of esters is 2. The Balaban J connectivity index is 2.31. The topological polar surface area (TPSA) is 161 Å². The van der Waals surface area contributed by atoms with E-state index in [-0.39, 0.29) is 19.4 Å². The van der Waals surface area contributed by atoms with Crippen LogP contribution < -0.4 is 0 Å². The molecule has 1 rings (SSSR count). The summed E-state index contributed by atoms with van der Waals surface area (Å²) in [5.74, 6) is -1.04. The van der Waals surface area contributed by atoms with Crippen LogP contribution in [0.5, 0.6) is 0 Å². The van der Waals surface area contributed by atoms with Gasteiger partial charge in [-0.2, -0.15) is 0 Å². The van der Waals surface area contributed by atoms with Gasteiger partial charge >= 0.3 is 19.8 Å². The highest BCUT2D eigenvalue weighted by Gasteiger charge is 2.36. The number of allylic oxidation sites excluding steroid dienone is 13. The third kappa shape index (κ3) is 35.8. The highest BCUT2D eigenvalue weighted by atomic mass is 31.2. The van der Waals surface area contributed by atoms with Crippen molar-refractivity contribution in [3.63, 3.8) is 0 Å². The van der Waals surface area contributed by atoms with Gasteiger partial charge in [0.1, 0.15) is 12.7 Å². The summed E-state index contributed by atoms with van der Waals surface area (Å²) in [6.45, 7) is 2.20. The summed E-state index contributed by atoms with van der Waals surface area (Å²) in [6, 6.07) is 0. The van der Waals surface area contributed by atoms with Crippen molar-refractivity contribution < 1.29 is 52.5 Å². The molecule has 1 aliphatic rings. The molecular weight excluding hydrogens is 783 g/mol. The molecule has 0 saturated carbocycles. The van der Waals surface area contributed by atoms with Crippen molar-refractivity contribution in [2.75, 3.05) is 26.4 Å². The molecule has 11 nitrogen and oxygen atoms in total. The van der Waals surface area contributed by atoms with Crippen LogP contribution in [0.1, 0.15) is 155 Å². The summed E-state index contributed by atoms with van der Waals surface area (Å²) in [5.41, 5.74) is 0. The molecule has 0 aromatic rings. The van der Waals surface area contributed by atoms with Gasteiger partial charge in [-0.15, -0.1) is 0 Å². The lowest BCUT2D eigenvalue weighted by atomic mass is 10.1. The molecule has 0 aliphatic carbocycles. The molecule has 12 heteroatoms. The summed E-state index contributed by atoms with van der Waals surface area (Å²) in [4.78, 5) is 35.0. The van der Waals surface area contributed by atoms with Crippen LogP contribution in [-0.2, 0) is 37.4 Å². The lowest BCUT2D eigenvalue weighted by molar-refractivity contribution is -0.161. The third-order valence-corrected chi connectivity index (χ3v) is 10.4. The average molecular weight is 863 g/mol. The van der Waals surface area contributed by atoms with Gasteiger partial charge in [0.2, 0.25) is 0 Å². The highest BCUT2D eigenvalue weighted by Crippen LogP contribution is 2.43. The van der Waals surface area contributed by atoms with E-state index >= 15 is 0 Å². The lowest BCUT2D eigenvalue weighted by Crippen LogP contribution is -2.29. The first kappa shape index (κ1) is 55.1. The monoisotopic (exact) mass is 863 g/mol. The Morgan fingerprint density at radius 1 is 0.600 bits per heavy atom. The van der Waals surface area contributed by atoms with Gasteiger partial charge in [0.05, 0.1) is 32.0 Å². The summed E-state index contributed by atoms with van der Waals surface area (Å²) < 4.78 is 38.4. The summed E-state index contributed by atoms with van der Waals surface area (Å²) in [7, 11) is -4.65. The Hall–Kier alpha value is -2.89. The first-order chi connectivity index (χ1) is 29.2. The molecule has 3 N–H and O–H groups in total. The molecule has 1 aliphatic heterocycles. The number of aliphatic hydroxyl groups excluding tert-OH is 2. The van der Waals surface area contributed by atoms with E-state index in [0.717, 1.165) is 57.8 Å². The van der Waals surface area contributed by atoms with Crippen LogP contribution in [0, 0.1) is 0 Å². The molecule has 60 heavy (non-hydrogen) atoms. The smallest absolute Gasteiger partial charge is 0.462 e. The molecule has 3 unspecified atom stereocenters. The maximum atomic E-state index is 12.6. The Kier molecular flexibility index (Phi) is 35.8. The van der Waals surface area contributed by atoms with Gasteiger partial charge in [0.15, 0.2) is 6.10 Å². The molecule has 1 heterocycles. The number of phosphoric acid groups is 1. The summed E-state index contributed by atoms with van der Waals surface area (Å²) in [6.07, 6.45) is 48.7. The lowest BCUT2D eigenvalue weighted by Gasteiger charge is -2.20. The second-order valence-electron chi connectivity index (χ2n) is 15.1. The van der Waals surface area contributed by atoms with Gasteiger partial charge in [-0.05, 0) is 89.9 Å². The first-order valence-electron chi connectivity index (χ1n) is 22.7. The predicted molar refractivity (Wildman–Crippen MR) is 241 cm³/mol. The summed E-state index contributed by atoms with van der Waals surface area (Å²) >= 11 is 0. The van der Waals surface area contributed by atoms with Crippen LogP contribution in [0.2, 0.25) is 0 Å². The largest absolute Gasteiger partial charge is 0.472 e. The SMILES string of the molecule is CCCCC/C=C\C/C=C\C/C=C\C/C=C\CCCCCC(=O)OC[C@H](COP(=O)(O)OC[C@@H](O)CO)OC(=O)CCC/C=C\C/C=C\C/C=C\CC1OC1CCCCC. The number of ether oxygens (including phenoxy) is 3. The van der Waals surface area contributed by atoms with E-state index in [9.17, 15) is 24.2 Å². The predicted octanol–water partition coefficient (Wildman–Crippen LogP) is 11.2. The normalized spacial score (nSPS) is 17.9. The molecule has 0 bridgehead atoms. The number of rotatable bonds is 40. The van der Waals surface area contributed by atoms with E-state index in [2.05, 4.69) is 91.3 Å². The number of carbonyl (C=O) groups is 2. The standard InChI is InChI=1S/C48H79O11P/c1-3-5-7-8-9-10-11-12-13-14-15-16-17-18-19-23-26-29-33-37-47(51)55-41-44(42-57-60(53,54)56-40-43(50)39-49)58-48(52)38-34-30-27-24-21-20-22-25-28-32-36-46-45(59-46)35-31-6-4-2/h9-10,12-13,15-16,18-20,22,24,27-28,32,43-46,49-50H,3-8,11,14,17,21,23,25-26,29-31,33-42H2,1-2H3,(H,53,54)/b10-9-,13-12-,16-15-,19-18-,22-20-,27-24-,32-28-/t43-,44+,45?,46?/m0/s1. The van der Waals surface area contributed by atoms with Crippen LogP contribution in [0.15, 0.2) is 85.1 Å². The van der Waals surface area contributed by atoms with Crippen LogP contribution in [0.25, 0.3) is 0 Å². The number of aliphatic hydroxyl groups is 2. The van der Waals surface area contributed by atoms with Crippen molar-refractivity contribution >= 4 is 19.8 Å². The zero-order valence-electron chi connectivity index (χ0n) is 36.8. The minimum absolute atomic E-state index is 0.0923. The minimum Gasteiger partial charge on any atom is -0.462 e. The molecule has 1 fully saturated rings. The van der Waals surface area contributed by atoms with E-state index in [4.69, 9.17) is 23.8 Å². The number of hydrogen-bond donors (Lipinski definition) is 3. The average Bonchev–Trinajstić information content (AvgIpc) is 3.99. The molecular formula is C48H79O11P. The van der Waals surface area contributed by atoms with E-state index in [0.29, 0.717) is 31.5 Å². The van der Waals surface area contributed by atoms with Gasteiger partial charge < -0.3 is 29.3 Å². The number of unbranched alkanes of at least 4 members (excludes halogenated alkanes) is 9. The van der Waals surface area contributed by atoms with Gasteiger partial charge in [0.25, 0.3) is 0 Å². The molecule has 0 amide bonds. The van der Waals surface area contributed by atoms with Crippen molar-refractivity contribution in [1.29, 1.82) is 0 Å². The number of carbonyl (C=O) groups excluding carboxylic acids is 2. The molecule has 1 saturated heterocycles. The Morgan fingerprint density at radius 3 is 1.68 bits per heavy atom. The van der Waals surface area contributed by atoms with Crippen molar-refractivity contribution in [3.05, 3.63) is 85.1 Å². The van der Waals surface area contributed by atoms with Crippen LogP contribution in [0.3, 0.4) is 0 Å². The maximum Gasteiger partial charge on any atom is 0.472 e. The molecule has 0 aromatic carbocycles. The Morgan fingerprint density at radius 2 is 1.10 bits per heavy atom. The first-order valence-corrected chi connectivity index (χ1v) is 24.2. The van der Waals surface area contributed by atoms with Crippen molar-refractivity contribution in [2.24, 2.45) is 0 Å². The van der Waals surface area contributed by atoms with E-state index in [1.54, 1.807) is 0 Å². The zero-order chi connectivity index (χ0) is 43.8. The third-order valence-electron chi connectivity index (χ3n) is 9.45. The number of epoxide rings is 1. The Labute approximate surface area is 362 Å². The van der Waals surface area contributed by atoms with Crippen molar-refractivity contribution in [2.45, 2.75) is 180 Å². The highest BCUT2D eigenvalue weighted by molar-refractivity contribution is 7.47. The number of hydrogen-bond acceptors (Lipinski definition) is 10. The fourth-order valence-electron chi connectivity index (χ4n) is 5.83. The fraction of sp³-hybridized carbons (Fsp3) is 0.667. The van der Waals surface area contributed by atoms with Crippen LogP contribution in [0.4, 0.5) is 0 Å². The molecule has 0 aromatic heterocycles. The van der Waals surface area contributed by atoms with Gasteiger partial charge in [-0.1, -0.05) is 137 Å². The minimum atomic E-state index is -4.65. The molecule has 5 atom stereocenters. The maximum absolute atomic E-state index is 12.6. The Bertz CT molecular complexity index is 1340. The zero-order valence-corrected chi connectivity index (χ0v) is 37.7. The van der Waals surface area contributed by atoms with E-state index < -0.39 is 51.8 Å². The molecule has 0 spiro atoms. The molecule has 342 valence electrons. The van der Waals surface area contributed by atoms with Gasteiger partial charge in [-0.3, -0.25) is 18.6 Å². The molecule has 0 radical (unpaired) electrons. The quantitative estimate of drug-likeness (QED) is 0.0177. The van der Waals surface area contributed by atoms with Gasteiger partial charge in [-0.25, -0.2) is 4.57 Å². The van der Waals surface area contributed by atoms with Crippen molar-refractivity contribution in [1.82, 2.24) is 0 Å². The van der Waals surface area contributed by atoms with Crippen molar-refractivity contribution in [3.8, 4) is 0 Å². The van der Waals surface area contributed by atoms with Crippen LogP contribution >= 0.6 is 7.82 Å². The second kappa shape index (κ2) is 39.0. The summed E-state index contributed by atoms with van der Waals surface area (Å²) in [5, 5.41) is 18.4.